The zero-order chi connectivity index (χ0) is 14.5. The van der Waals surface area contributed by atoms with Gasteiger partial charge >= 0.3 is 0 Å². The molecule has 112 valence electrons. The fourth-order valence-corrected chi connectivity index (χ4v) is 2.79. The lowest BCUT2D eigenvalue weighted by molar-refractivity contribution is 0.393. The average Bonchev–Trinajstić information content (AvgIpc) is 2.87. The molecular formula is C15H26N4O. The molecule has 20 heavy (non-hydrogen) atoms. The fraction of sp³-hybridized carbons (Fsp3) is 0.733. The monoisotopic (exact) mass is 278 g/mol. The van der Waals surface area contributed by atoms with Crippen LogP contribution in [0.15, 0.2) is 6.33 Å². The van der Waals surface area contributed by atoms with Crippen molar-refractivity contribution in [3.63, 3.8) is 0 Å². The molecule has 1 aliphatic heterocycles. The van der Waals surface area contributed by atoms with E-state index in [2.05, 4.69) is 34.0 Å². The van der Waals surface area contributed by atoms with Crippen LogP contribution in [0, 0.1) is 12.8 Å². The van der Waals surface area contributed by atoms with E-state index >= 15 is 0 Å². The molecule has 0 radical (unpaired) electrons. The highest BCUT2D eigenvalue weighted by Gasteiger charge is 2.27. The molecular weight excluding hydrogens is 252 g/mol. The van der Waals surface area contributed by atoms with E-state index in [0.29, 0.717) is 17.8 Å². The molecule has 1 aromatic heterocycles. The third kappa shape index (κ3) is 3.39. The molecule has 1 N–H and O–H groups in total. The van der Waals surface area contributed by atoms with E-state index in [1.807, 2.05) is 6.92 Å². The van der Waals surface area contributed by atoms with Gasteiger partial charge < -0.3 is 15.0 Å². The lowest BCUT2D eigenvalue weighted by Gasteiger charge is -2.27. The van der Waals surface area contributed by atoms with Gasteiger partial charge in [-0.25, -0.2) is 9.97 Å². The highest BCUT2D eigenvalue weighted by Crippen LogP contribution is 2.29. The van der Waals surface area contributed by atoms with Crippen molar-refractivity contribution in [2.75, 3.05) is 31.6 Å². The first kappa shape index (κ1) is 15.0. The van der Waals surface area contributed by atoms with Crippen LogP contribution in [0.1, 0.15) is 32.3 Å². The first-order valence-electron chi connectivity index (χ1n) is 7.46. The van der Waals surface area contributed by atoms with Gasteiger partial charge in [-0.3, -0.25) is 0 Å². The van der Waals surface area contributed by atoms with E-state index < -0.39 is 0 Å². The Bertz CT molecular complexity index is 436. The van der Waals surface area contributed by atoms with Gasteiger partial charge in [0.15, 0.2) is 0 Å². The Morgan fingerprint density at radius 1 is 1.45 bits per heavy atom. The molecule has 1 atom stereocenters. The summed E-state index contributed by atoms with van der Waals surface area (Å²) in [6.07, 6.45) is 4.04. The molecule has 2 rings (SSSR count). The molecule has 1 aromatic rings. The summed E-state index contributed by atoms with van der Waals surface area (Å²) in [4.78, 5) is 11.0. The SMILES string of the molecule is COc1ncnc(N2CCCC2CNCC(C)C)c1C. The van der Waals surface area contributed by atoms with Crippen LogP contribution in [-0.2, 0) is 0 Å². The summed E-state index contributed by atoms with van der Waals surface area (Å²) in [5.41, 5.74) is 1.03. The molecule has 5 nitrogen and oxygen atoms in total. The number of methoxy groups -OCH3 is 1. The first-order chi connectivity index (χ1) is 9.63. The van der Waals surface area contributed by atoms with Gasteiger partial charge in [0.05, 0.1) is 12.7 Å². The molecule has 0 amide bonds. The summed E-state index contributed by atoms with van der Waals surface area (Å²) in [5.74, 6) is 2.38. The second-order valence-corrected chi connectivity index (χ2v) is 5.87. The summed E-state index contributed by atoms with van der Waals surface area (Å²) in [7, 11) is 1.66. The Hall–Kier alpha value is -1.36. The summed E-state index contributed by atoms with van der Waals surface area (Å²) in [6.45, 7) is 9.65. The normalized spacial score (nSPS) is 18.9. The molecule has 5 heteroatoms. The average molecular weight is 278 g/mol. The number of nitrogens with one attached hydrogen (secondary N) is 1. The highest BCUT2D eigenvalue weighted by molar-refractivity contribution is 5.51. The summed E-state index contributed by atoms with van der Waals surface area (Å²) in [5, 5.41) is 3.56. The largest absolute Gasteiger partial charge is 0.481 e. The minimum Gasteiger partial charge on any atom is -0.481 e. The fourth-order valence-electron chi connectivity index (χ4n) is 2.79. The van der Waals surface area contributed by atoms with Crippen LogP contribution in [0.25, 0.3) is 0 Å². The predicted octanol–water partition coefficient (Wildman–Crippen LogP) is 2.01. The quantitative estimate of drug-likeness (QED) is 0.862. The van der Waals surface area contributed by atoms with E-state index in [0.717, 1.165) is 31.0 Å². The molecule has 0 spiro atoms. The zero-order valence-electron chi connectivity index (χ0n) is 13.0. The minimum absolute atomic E-state index is 0.520. The number of hydrogen-bond acceptors (Lipinski definition) is 5. The van der Waals surface area contributed by atoms with Gasteiger partial charge in [-0.15, -0.1) is 0 Å². The number of ether oxygens (including phenoxy) is 1. The zero-order valence-corrected chi connectivity index (χ0v) is 13.0. The third-order valence-corrected chi connectivity index (χ3v) is 3.79. The molecule has 1 saturated heterocycles. The Morgan fingerprint density at radius 3 is 2.95 bits per heavy atom. The Labute approximate surface area is 121 Å². The van der Waals surface area contributed by atoms with E-state index in [1.165, 1.54) is 12.8 Å². The number of hydrogen-bond donors (Lipinski definition) is 1. The van der Waals surface area contributed by atoms with Crippen molar-refractivity contribution in [2.45, 2.75) is 39.7 Å². The summed E-state index contributed by atoms with van der Waals surface area (Å²) >= 11 is 0. The van der Waals surface area contributed by atoms with Crippen molar-refractivity contribution in [3.05, 3.63) is 11.9 Å². The lowest BCUT2D eigenvalue weighted by Crippen LogP contribution is -2.39. The highest BCUT2D eigenvalue weighted by atomic mass is 16.5. The molecule has 0 aliphatic carbocycles. The Morgan fingerprint density at radius 2 is 2.25 bits per heavy atom. The van der Waals surface area contributed by atoms with Gasteiger partial charge in [0.2, 0.25) is 5.88 Å². The number of aromatic nitrogens is 2. The number of rotatable bonds is 6. The first-order valence-corrected chi connectivity index (χ1v) is 7.46. The van der Waals surface area contributed by atoms with Gasteiger partial charge in [-0.05, 0) is 32.2 Å². The van der Waals surface area contributed by atoms with Crippen LogP contribution in [0.2, 0.25) is 0 Å². The number of nitrogens with zero attached hydrogens (tertiary/aromatic N) is 3. The van der Waals surface area contributed by atoms with Gasteiger partial charge in [0.1, 0.15) is 12.1 Å². The van der Waals surface area contributed by atoms with Crippen LogP contribution in [0.3, 0.4) is 0 Å². The Balaban J connectivity index is 2.07. The molecule has 1 fully saturated rings. The molecule has 1 aliphatic rings. The standard InChI is InChI=1S/C15H26N4O/c1-11(2)8-16-9-13-6-5-7-19(13)14-12(3)15(20-4)18-10-17-14/h10-11,13,16H,5-9H2,1-4H3. The van der Waals surface area contributed by atoms with Crippen molar-refractivity contribution < 1.29 is 4.74 Å². The van der Waals surface area contributed by atoms with Crippen molar-refractivity contribution in [3.8, 4) is 5.88 Å². The number of anilines is 1. The lowest BCUT2D eigenvalue weighted by atomic mass is 10.2. The predicted molar refractivity (Wildman–Crippen MR) is 81.4 cm³/mol. The van der Waals surface area contributed by atoms with Crippen molar-refractivity contribution >= 4 is 5.82 Å². The van der Waals surface area contributed by atoms with Crippen LogP contribution < -0.4 is 15.0 Å². The smallest absolute Gasteiger partial charge is 0.221 e. The van der Waals surface area contributed by atoms with Gasteiger partial charge in [0.25, 0.3) is 0 Å². The maximum atomic E-state index is 5.30. The summed E-state index contributed by atoms with van der Waals surface area (Å²) < 4.78 is 5.30. The molecule has 0 aromatic carbocycles. The van der Waals surface area contributed by atoms with Crippen LogP contribution in [0.4, 0.5) is 5.82 Å². The van der Waals surface area contributed by atoms with Gasteiger partial charge in [-0.1, -0.05) is 13.8 Å². The molecule has 1 unspecified atom stereocenters. The van der Waals surface area contributed by atoms with Crippen molar-refractivity contribution in [1.29, 1.82) is 0 Å². The van der Waals surface area contributed by atoms with E-state index in [1.54, 1.807) is 13.4 Å². The van der Waals surface area contributed by atoms with Gasteiger partial charge in [0, 0.05) is 19.1 Å². The maximum Gasteiger partial charge on any atom is 0.221 e. The second kappa shape index (κ2) is 6.88. The van der Waals surface area contributed by atoms with Gasteiger partial charge in [-0.2, -0.15) is 0 Å². The molecule has 2 heterocycles. The van der Waals surface area contributed by atoms with E-state index in [9.17, 15) is 0 Å². The topological polar surface area (TPSA) is 50.3 Å². The van der Waals surface area contributed by atoms with E-state index in [4.69, 9.17) is 4.74 Å². The van der Waals surface area contributed by atoms with Crippen molar-refractivity contribution in [1.82, 2.24) is 15.3 Å². The second-order valence-electron chi connectivity index (χ2n) is 5.87. The Kier molecular flexibility index (Phi) is 5.17. The maximum absolute atomic E-state index is 5.30. The van der Waals surface area contributed by atoms with Crippen LogP contribution in [-0.4, -0.2) is 42.8 Å². The van der Waals surface area contributed by atoms with Crippen LogP contribution >= 0.6 is 0 Å². The molecule has 0 saturated carbocycles. The van der Waals surface area contributed by atoms with Crippen molar-refractivity contribution in [2.24, 2.45) is 5.92 Å². The third-order valence-electron chi connectivity index (χ3n) is 3.79. The van der Waals surface area contributed by atoms with E-state index in [-0.39, 0.29) is 0 Å². The minimum atomic E-state index is 0.520. The molecule has 0 bridgehead atoms. The summed E-state index contributed by atoms with van der Waals surface area (Å²) in [6, 6.07) is 0.520. The van der Waals surface area contributed by atoms with Crippen LogP contribution in [0.5, 0.6) is 5.88 Å².